The minimum absolute atomic E-state index is 0.0214. The molecule has 0 aromatic carbocycles. The third-order valence-electron chi connectivity index (χ3n) is 3.72. The summed E-state index contributed by atoms with van der Waals surface area (Å²) in [6, 6.07) is 6.40. The predicted octanol–water partition coefficient (Wildman–Crippen LogP) is 3.37. The molecule has 0 radical (unpaired) electrons. The molecule has 2 aromatic heterocycles. The minimum atomic E-state index is -0.595. The largest absolute Gasteiger partial charge is 0.422 e. The quantitative estimate of drug-likeness (QED) is 0.911. The number of nitriles is 1. The van der Waals surface area contributed by atoms with Crippen molar-refractivity contribution >= 4 is 17.2 Å². The number of thiophene rings is 1. The lowest BCUT2D eigenvalue weighted by molar-refractivity contribution is 0.438. The van der Waals surface area contributed by atoms with Gasteiger partial charge in [0.1, 0.15) is 5.92 Å². The highest BCUT2D eigenvalue weighted by atomic mass is 32.1. The van der Waals surface area contributed by atoms with Gasteiger partial charge < -0.3 is 4.74 Å². The van der Waals surface area contributed by atoms with Crippen molar-refractivity contribution in [2.24, 2.45) is 5.92 Å². The van der Waals surface area contributed by atoms with Crippen molar-refractivity contribution in [2.45, 2.75) is 32.6 Å². The van der Waals surface area contributed by atoms with E-state index < -0.39 is 5.92 Å². The van der Waals surface area contributed by atoms with Gasteiger partial charge in [0.25, 0.3) is 0 Å². The van der Waals surface area contributed by atoms with Crippen LogP contribution in [-0.2, 0) is 6.42 Å². The first kappa shape index (κ1) is 13.8. The number of fused-ring (bicyclic) bond motifs is 1. The third-order valence-corrected chi connectivity index (χ3v) is 4.95. The van der Waals surface area contributed by atoms with Crippen molar-refractivity contribution in [1.82, 2.24) is 10.2 Å². The molecule has 0 bridgehead atoms. The summed E-state index contributed by atoms with van der Waals surface area (Å²) < 4.78 is 5.39. The number of aromatic nitrogens is 2. The third kappa shape index (κ3) is 2.24. The van der Waals surface area contributed by atoms with Crippen LogP contribution in [-0.4, -0.2) is 16.1 Å². The van der Waals surface area contributed by atoms with Gasteiger partial charge in [0.15, 0.2) is 0 Å². The second-order valence-electron chi connectivity index (χ2n) is 5.17. The van der Waals surface area contributed by atoms with E-state index in [4.69, 9.17) is 10.1 Å². The Kier molecular flexibility index (Phi) is 3.52. The molecule has 2 unspecified atom stereocenters. The van der Waals surface area contributed by atoms with Gasteiger partial charge in [-0.05, 0) is 25.5 Å². The Balaban J connectivity index is 2.10. The van der Waals surface area contributed by atoms with Crippen molar-refractivity contribution in [3.05, 3.63) is 33.1 Å². The number of H-pyrrole nitrogens is 1. The molecule has 1 aliphatic rings. The van der Waals surface area contributed by atoms with E-state index in [1.807, 2.05) is 6.92 Å². The highest BCUT2D eigenvalue weighted by molar-refractivity contribution is 7.12. The molecule has 0 saturated carbocycles. The maximum absolute atomic E-state index is 9.46. The molecule has 0 aliphatic carbocycles. The molecule has 0 amide bonds. The van der Waals surface area contributed by atoms with Crippen molar-refractivity contribution in [1.29, 1.82) is 10.7 Å². The van der Waals surface area contributed by atoms with Gasteiger partial charge in [-0.1, -0.05) is 13.3 Å². The lowest BCUT2D eigenvalue weighted by Crippen LogP contribution is -2.30. The van der Waals surface area contributed by atoms with Gasteiger partial charge in [0.05, 0.1) is 12.0 Å². The first-order valence-corrected chi connectivity index (χ1v) is 7.76. The van der Waals surface area contributed by atoms with Crippen LogP contribution in [0, 0.1) is 29.6 Å². The Morgan fingerprint density at radius 3 is 3.05 bits per heavy atom. The molecular formula is C15H16N4OS. The Hall–Kier alpha value is -2.13. The summed E-state index contributed by atoms with van der Waals surface area (Å²) in [6.07, 6.45) is 2.14. The van der Waals surface area contributed by atoms with Crippen molar-refractivity contribution in [3.8, 4) is 11.9 Å². The smallest absolute Gasteiger partial charge is 0.243 e. The van der Waals surface area contributed by atoms with Gasteiger partial charge in [-0.3, -0.25) is 10.5 Å². The van der Waals surface area contributed by atoms with E-state index in [1.165, 1.54) is 4.88 Å². The van der Waals surface area contributed by atoms with Crippen LogP contribution >= 0.6 is 11.3 Å². The second-order valence-corrected chi connectivity index (χ2v) is 6.37. The molecule has 1 aliphatic heterocycles. The number of rotatable bonds is 3. The zero-order chi connectivity index (χ0) is 15.0. The standard InChI is InChI=1S/C15H16N4OS/c1-3-4-9-5-6-11(21-9)13-10(7-16)14(17)20-15-12(13)8(2)18-19-15/h5-6,10,13,17H,3-4H2,1-2H3,(H,18,19). The summed E-state index contributed by atoms with van der Waals surface area (Å²) in [5.41, 5.74) is 1.80. The van der Waals surface area contributed by atoms with Gasteiger partial charge in [-0.15, -0.1) is 16.4 Å². The molecule has 21 heavy (non-hydrogen) atoms. The van der Waals surface area contributed by atoms with Gasteiger partial charge in [-0.25, -0.2) is 0 Å². The maximum Gasteiger partial charge on any atom is 0.243 e. The van der Waals surface area contributed by atoms with Crippen molar-refractivity contribution < 1.29 is 4.74 Å². The number of hydrogen-bond donors (Lipinski definition) is 2. The fourth-order valence-electron chi connectivity index (χ4n) is 2.73. The average Bonchev–Trinajstić information content (AvgIpc) is 3.06. The van der Waals surface area contributed by atoms with E-state index in [2.05, 4.69) is 35.3 Å². The normalized spacial score (nSPS) is 20.7. The SMILES string of the molecule is CCCc1ccc(C2c3c(n[nH]c3C)OC(=N)C2C#N)s1. The fraction of sp³-hybridized carbons (Fsp3) is 0.400. The van der Waals surface area contributed by atoms with Crippen LogP contribution in [0.3, 0.4) is 0 Å². The molecule has 0 saturated heterocycles. The monoisotopic (exact) mass is 300 g/mol. The van der Waals surface area contributed by atoms with E-state index in [0.29, 0.717) is 5.88 Å². The number of aromatic amines is 1. The number of hydrogen-bond acceptors (Lipinski definition) is 5. The molecule has 2 N–H and O–H groups in total. The lowest BCUT2D eigenvalue weighted by atomic mass is 9.83. The Bertz CT molecular complexity index is 724. The number of ether oxygens (including phenoxy) is 1. The van der Waals surface area contributed by atoms with Gasteiger partial charge in [-0.2, -0.15) is 5.26 Å². The van der Waals surface area contributed by atoms with Crippen molar-refractivity contribution in [3.63, 3.8) is 0 Å². The molecule has 5 nitrogen and oxygen atoms in total. The summed E-state index contributed by atoms with van der Waals surface area (Å²) in [4.78, 5) is 2.41. The van der Waals surface area contributed by atoms with Crippen LogP contribution in [0.1, 0.15) is 40.3 Å². The lowest BCUT2D eigenvalue weighted by Gasteiger charge is -2.26. The first-order valence-electron chi connectivity index (χ1n) is 6.95. The van der Waals surface area contributed by atoms with Crippen LogP contribution in [0.2, 0.25) is 0 Å². The molecule has 3 rings (SSSR count). The van der Waals surface area contributed by atoms with Gasteiger partial charge in [0.2, 0.25) is 11.8 Å². The van der Waals surface area contributed by atoms with E-state index >= 15 is 0 Å². The van der Waals surface area contributed by atoms with Crippen LogP contribution < -0.4 is 4.74 Å². The second kappa shape index (κ2) is 5.34. The molecule has 3 heterocycles. The molecule has 108 valence electrons. The molecule has 0 spiro atoms. The summed E-state index contributed by atoms with van der Waals surface area (Å²) in [5.74, 6) is -0.353. The average molecular weight is 300 g/mol. The minimum Gasteiger partial charge on any atom is -0.422 e. The summed E-state index contributed by atoms with van der Waals surface area (Å²) >= 11 is 1.72. The van der Waals surface area contributed by atoms with Crippen LogP contribution in [0.25, 0.3) is 0 Å². The fourth-order valence-corrected chi connectivity index (χ4v) is 3.99. The highest BCUT2D eigenvalue weighted by Crippen LogP contribution is 2.44. The number of nitrogens with zero attached hydrogens (tertiary/aromatic N) is 2. The van der Waals surface area contributed by atoms with E-state index in [-0.39, 0.29) is 11.8 Å². The van der Waals surface area contributed by atoms with Crippen molar-refractivity contribution in [2.75, 3.05) is 0 Å². The Morgan fingerprint density at radius 1 is 1.52 bits per heavy atom. The number of nitrogens with one attached hydrogen (secondary N) is 2. The zero-order valence-electron chi connectivity index (χ0n) is 11.9. The maximum atomic E-state index is 9.46. The molecule has 0 fully saturated rings. The molecular weight excluding hydrogens is 284 g/mol. The van der Waals surface area contributed by atoms with Crippen LogP contribution in [0.5, 0.6) is 5.88 Å². The summed E-state index contributed by atoms with van der Waals surface area (Å²) in [7, 11) is 0. The molecule has 6 heteroatoms. The zero-order valence-corrected chi connectivity index (χ0v) is 12.8. The topological polar surface area (TPSA) is 85.5 Å². The van der Waals surface area contributed by atoms with E-state index in [9.17, 15) is 5.26 Å². The highest BCUT2D eigenvalue weighted by Gasteiger charge is 2.40. The van der Waals surface area contributed by atoms with Crippen LogP contribution in [0.4, 0.5) is 0 Å². The Morgan fingerprint density at radius 2 is 2.33 bits per heavy atom. The van der Waals surface area contributed by atoms with Gasteiger partial charge in [0, 0.05) is 21.0 Å². The predicted molar refractivity (Wildman–Crippen MR) is 80.9 cm³/mol. The van der Waals surface area contributed by atoms with E-state index in [1.54, 1.807) is 11.3 Å². The molecule has 2 atom stereocenters. The summed E-state index contributed by atoms with van der Waals surface area (Å²) in [6.45, 7) is 4.08. The first-order chi connectivity index (χ1) is 10.2. The summed E-state index contributed by atoms with van der Waals surface area (Å²) in [5, 5.41) is 24.4. The van der Waals surface area contributed by atoms with Crippen LogP contribution in [0.15, 0.2) is 12.1 Å². The Labute approximate surface area is 127 Å². The van der Waals surface area contributed by atoms with Gasteiger partial charge >= 0.3 is 0 Å². The number of aryl methyl sites for hydroxylation is 2. The molecule has 2 aromatic rings. The van der Waals surface area contributed by atoms with E-state index in [0.717, 1.165) is 29.0 Å².